The minimum Gasteiger partial charge on any atom is -0.271 e. The average Bonchev–Trinajstić information content (AvgIpc) is 2.37. The molecular formula is C14H13BrF2N2. The molecule has 0 saturated heterocycles. The maximum Gasteiger partial charge on any atom is 0.129 e. The van der Waals surface area contributed by atoms with E-state index in [1.54, 1.807) is 31.2 Å². The molecule has 2 nitrogen and oxygen atoms in total. The topological polar surface area (TPSA) is 38.0 Å². The lowest BCUT2D eigenvalue weighted by Crippen LogP contribution is -2.29. The Labute approximate surface area is 118 Å². The molecule has 0 radical (unpaired) electrons. The summed E-state index contributed by atoms with van der Waals surface area (Å²) in [6, 6.07) is 8.82. The minimum atomic E-state index is -0.594. The molecule has 0 aromatic heterocycles. The second kappa shape index (κ2) is 5.77. The van der Waals surface area contributed by atoms with Gasteiger partial charge < -0.3 is 0 Å². The molecule has 19 heavy (non-hydrogen) atoms. The molecule has 0 saturated carbocycles. The monoisotopic (exact) mass is 326 g/mol. The number of rotatable bonds is 3. The molecule has 0 spiro atoms. The van der Waals surface area contributed by atoms with Crippen molar-refractivity contribution in [3.05, 3.63) is 69.2 Å². The van der Waals surface area contributed by atoms with E-state index in [0.717, 1.165) is 0 Å². The van der Waals surface area contributed by atoms with Gasteiger partial charge in [-0.2, -0.15) is 0 Å². The molecular weight excluding hydrogens is 314 g/mol. The van der Waals surface area contributed by atoms with Gasteiger partial charge in [0.2, 0.25) is 0 Å². The molecule has 5 heteroatoms. The lowest BCUT2D eigenvalue weighted by molar-refractivity contribution is 0.554. The first-order valence-electron chi connectivity index (χ1n) is 5.70. The van der Waals surface area contributed by atoms with Crippen molar-refractivity contribution in [3.63, 3.8) is 0 Å². The fraction of sp³-hybridized carbons (Fsp3) is 0.143. The van der Waals surface area contributed by atoms with Gasteiger partial charge in [0.1, 0.15) is 11.6 Å². The summed E-state index contributed by atoms with van der Waals surface area (Å²) in [6.07, 6.45) is 0. The van der Waals surface area contributed by atoms with Gasteiger partial charge >= 0.3 is 0 Å². The summed E-state index contributed by atoms with van der Waals surface area (Å²) in [4.78, 5) is 0. The highest BCUT2D eigenvalue weighted by Gasteiger charge is 2.17. The summed E-state index contributed by atoms with van der Waals surface area (Å²) < 4.78 is 28.2. The van der Waals surface area contributed by atoms with Crippen LogP contribution in [-0.2, 0) is 0 Å². The number of aryl methyl sites for hydroxylation is 1. The molecule has 2 aromatic rings. The number of hydrogen-bond acceptors (Lipinski definition) is 2. The molecule has 3 N–H and O–H groups in total. The molecule has 0 amide bonds. The summed E-state index contributed by atoms with van der Waals surface area (Å²) in [7, 11) is 0. The Morgan fingerprint density at radius 1 is 1.11 bits per heavy atom. The quantitative estimate of drug-likeness (QED) is 0.668. The third-order valence-corrected chi connectivity index (χ3v) is 3.46. The summed E-state index contributed by atoms with van der Waals surface area (Å²) >= 11 is 3.19. The van der Waals surface area contributed by atoms with Crippen molar-refractivity contribution in [2.24, 2.45) is 5.84 Å². The van der Waals surface area contributed by atoms with Crippen LogP contribution in [-0.4, -0.2) is 0 Å². The van der Waals surface area contributed by atoms with Gasteiger partial charge in [0, 0.05) is 10.0 Å². The summed E-state index contributed by atoms with van der Waals surface area (Å²) in [5, 5.41) is 0. The Hall–Kier alpha value is -1.30. The van der Waals surface area contributed by atoms with Crippen LogP contribution in [0.5, 0.6) is 0 Å². The van der Waals surface area contributed by atoms with Gasteiger partial charge in [0.25, 0.3) is 0 Å². The largest absolute Gasteiger partial charge is 0.271 e. The van der Waals surface area contributed by atoms with Crippen molar-refractivity contribution >= 4 is 15.9 Å². The second-order valence-corrected chi connectivity index (χ2v) is 5.19. The minimum absolute atomic E-state index is 0.338. The molecule has 100 valence electrons. The van der Waals surface area contributed by atoms with E-state index in [0.29, 0.717) is 21.2 Å². The molecule has 0 aliphatic heterocycles. The number of nitrogens with two attached hydrogens (primary N) is 1. The Morgan fingerprint density at radius 2 is 1.84 bits per heavy atom. The SMILES string of the molecule is Cc1ccc(C(NN)c2ccc(Br)cc2F)cc1F. The Bertz CT molecular complexity index is 602. The number of benzene rings is 2. The van der Waals surface area contributed by atoms with Gasteiger partial charge in [-0.3, -0.25) is 5.84 Å². The van der Waals surface area contributed by atoms with E-state index < -0.39 is 11.9 Å². The van der Waals surface area contributed by atoms with E-state index in [1.807, 2.05) is 0 Å². The second-order valence-electron chi connectivity index (χ2n) is 4.27. The molecule has 2 aromatic carbocycles. The highest BCUT2D eigenvalue weighted by Crippen LogP contribution is 2.27. The summed E-state index contributed by atoms with van der Waals surface area (Å²) in [5.41, 5.74) is 4.00. The van der Waals surface area contributed by atoms with Gasteiger partial charge in [0.05, 0.1) is 6.04 Å². The van der Waals surface area contributed by atoms with Crippen molar-refractivity contribution in [3.8, 4) is 0 Å². The first kappa shape index (κ1) is 14.1. The predicted molar refractivity (Wildman–Crippen MR) is 74.4 cm³/mol. The predicted octanol–water partition coefficient (Wildman–Crippen LogP) is 3.59. The van der Waals surface area contributed by atoms with Crippen LogP contribution in [0.2, 0.25) is 0 Å². The van der Waals surface area contributed by atoms with Crippen LogP contribution < -0.4 is 11.3 Å². The lowest BCUT2D eigenvalue weighted by Gasteiger charge is -2.18. The molecule has 1 unspecified atom stereocenters. The third kappa shape index (κ3) is 3.00. The molecule has 0 aliphatic carbocycles. The van der Waals surface area contributed by atoms with Gasteiger partial charge in [-0.15, -0.1) is 0 Å². The Balaban J connectivity index is 2.46. The lowest BCUT2D eigenvalue weighted by atomic mass is 9.98. The smallest absolute Gasteiger partial charge is 0.129 e. The maximum atomic E-state index is 13.9. The zero-order valence-electron chi connectivity index (χ0n) is 10.3. The van der Waals surface area contributed by atoms with E-state index in [-0.39, 0.29) is 5.82 Å². The van der Waals surface area contributed by atoms with Crippen molar-refractivity contribution in [1.82, 2.24) is 5.43 Å². The first-order chi connectivity index (χ1) is 9.02. The highest BCUT2D eigenvalue weighted by molar-refractivity contribution is 9.10. The molecule has 0 fully saturated rings. The molecule has 0 heterocycles. The Morgan fingerprint density at radius 3 is 2.42 bits per heavy atom. The maximum absolute atomic E-state index is 13.9. The van der Waals surface area contributed by atoms with Crippen LogP contribution in [0.3, 0.4) is 0 Å². The van der Waals surface area contributed by atoms with Crippen LogP contribution in [0.25, 0.3) is 0 Å². The normalized spacial score (nSPS) is 12.5. The van der Waals surface area contributed by atoms with E-state index in [1.165, 1.54) is 12.1 Å². The van der Waals surface area contributed by atoms with Crippen molar-refractivity contribution < 1.29 is 8.78 Å². The van der Waals surface area contributed by atoms with E-state index in [9.17, 15) is 8.78 Å². The van der Waals surface area contributed by atoms with Crippen LogP contribution in [0, 0.1) is 18.6 Å². The average molecular weight is 327 g/mol. The molecule has 0 bridgehead atoms. The van der Waals surface area contributed by atoms with Gasteiger partial charge in [-0.1, -0.05) is 34.1 Å². The van der Waals surface area contributed by atoms with Crippen LogP contribution in [0.1, 0.15) is 22.7 Å². The van der Waals surface area contributed by atoms with Crippen molar-refractivity contribution in [2.45, 2.75) is 13.0 Å². The summed E-state index contributed by atoms with van der Waals surface area (Å²) in [6.45, 7) is 1.67. The van der Waals surface area contributed by atoms with Crippen molar-refractivity contribution in [1.29, 1.82) is 0 Å². The van der Waals surface area contributed by atoms with Crippen LogP contribution in [0.4, 0.5) is 8.78 Å². The zero-order valence-corrected chi connectivity index (χ0v) is 11.8. The first-order valence-corrected chi connectivity index (χ1v) is 6.49. The van der Waals surface area contributed by atoms with Crippen LogP contribution in [0.15, 0.2) is 40.9 Å². The van der Waals surface area contributed by atoms with Crippen molar-refractivity contribution in [2.75, 3.05) is 0 Å². The number of hydrazine groups is 1. The van der Waals surface area contributed by atoms with E-state index >= 15 is 0 Å². The van der Waals surface area contributed by atoms with Crippen LogP contribution >= 0.6 is 15.9 Å². The standard InChI is InChI=1S/C14H13BrF2N2/c1-8-2-3-9(6-12(8)16)14(19-18)11-5-4-10(15)7-13(11)17/h2-7,14,19H,18H2,1H3. The molecule has 1 atom stereocenters. The summed E-state index contributed by atoms with van der Waals surface area (Å²) in [5.74, 6) is 4.74. The van der Waals surface area contributed by atoms with E-state index in [4.69, 9.17) is 5.84 Å². The van der Waals surface area contributed by atoms with Gasteiger partial charge in [-0.05, 0) is 36.2 Å². The number of halogens is 3. The number of hydrogen-bond donors (Lipinski definition) is 2. The highest BCUT2D eigenvalue weighted by atomic mass is 79.9. The number of nitrogens with one attached hydrogen (secondary N) is 1. The Kier molecular flexibility index (Phi) is 4.29. The third-order valence-electron chi connectivity index (χ3n) is 2.97. The zero-order chi connectivity index (χ0) is 14.0. The van der Waals surface area contributed by atoms with E-state index in [2.05, 4.69) is 21.4 Å². The fourth-order valence-corrected chi connectivity index (χ4v) is 2.22. The fourth-order valence-electron chi connectivity index (χ4n) is 1.89. The molecule has 2 rings (SSSR count). The molecule has 0 aliphatic rings. The van der Waals surface area contributed by atoms with Gasteiger partial charge in [-0.25, -0.2) is 14.2 Å². The van der Waals surface area contributed by atoms with Gasteiger partial charge in [0.15, 0.2) is 0 Å².